The van der Waals surface area contributed by atoms with Gasteiger partial charge in [0.1, 0.15) is 5.58 Å². The van der Waals surface area contributed by atoms with E-state index in [0.29, 0.717) is 27.8 Å². The smallest absolute Gasteiger partial charge is 0 e. The minimum absolute atomic E-state index is 0. The zero-order valence-corrected chi connectivity index (χ0v) is 31.0. The SMILES string of the molecule is [2H]C(C)(C)c1ccnc(-c2[c-]cc(F)c3c2oc2ccccc23)c1.[CH3][Ge]([CH3])([CH3])[c]1cnc(-c2[c-]cccc2)cc1-c1ccccc1.[Ir]. The van der Waals surface area contributed by atoms with Gasteiger partial charge in [0, 0.05) is 38.9 Å². The summed E-state index contributed by atoms with van der Waals surface area (Å²) in [5.74, 6) is 6.13. The molecule has 233 valence electrons. The molecular weight excluding hydrogens is 808 g/mol. The Morgan fingerprint density at radius 2 is 1.59 bits per heavy atom. The summed E-state index contributed by atoms with van der Waals surface area (Å²) in [6, 6.07) is 39.4. The number of hydrogen-bond donors (Lipinski definition) is 0. The summed E-state index contributed by atoms with van der Waals surface area (Å²) < 4.78 is 29.9. The quantitative estimate of drug-likeness (QED) is 0.128. The minimum Gasteiger partial charge on any atom is 0 e. The molecule has 3 heterocycles. The third kappa shape index (κ3) is 7.07. The predicted octanol–water partition coefficient (Wildman–Crippen LogP) is 10.5. The molecule has 0 saturated carbocycles. The van der Waals surface area contributed by atoms with Crippen molar-refractivity contribution in [2.24, 2.45) is 0 Å². The topological polar surface area (TPSA) is 38.9 Å². The maximum atomic E-state index is 14.4. The Morgan fingerprint density at radius 1 is 0.848 bits per heavy atom. The number of pyridine rings is 2. The molecule has 0 fully saturated rings. The van der Waals surface area contributed by atoms with Crippen molar-refractivity contribution in [2.45, 2.75) is 37.0 Å². The van der Waals surface area contributed by atoms with Crippen LogP contribution in [-0.4, -0.2) is 23.2 Å². The average Bonchev–Trinajstić information content (AvgIpc) is 3.46. The number of nitrogens with zero attached hydrogens (tertiary/aromatic N) is 2. The molecule has 0 aliphatic rings. The maximum Gasteiger partial charge on any atom is 0 e. The molecule has 0 amide bonds. The van der Waals surface area contributed by atoms with Crippen molar-refractivity contribution in [1.29, 1.82) is 0 Å². The van der Waals surface area contributed by atoms with E-state index in [0.717, 1.165) is 22.2 Å². The van der Waals surface area contributed by atoms with E-state index in [2.05, 4.69) is 83.0 Å². The van der Waals surface area contributed by atoms with Crippen molar-refractivity contribution in [1.82, 2.24) is 9.97 Å². The van der Waals surface area contributed by atoms with Gasteiger partial charge < -0.3 is 9.40 Å². The van der Waals surface area contributed by atoms with Crippen LogP contribution >= 0.6 is 0 Å². The van der Waals surface area contributed by atoms with Gasteiger partial charge in [0.15, 0.2) is 0 Å². The van der Waals surface area contributed by atoms with Crippen LogP contribution in [0.5, 0.6) is 0 Å². The Balaban J connectivity index is 0.000000181. The number of fused-ring (bicyclic) bond motifs is 3. The number of para-hydroxylation sites is 1. The van der Waals surface area contributed by atoms with Gasteiger partial charge in [-0.1, -0.05) is 49.2 Å². The molecule has 6 heteroatoms. The molecule has 7 rings (SSSR count). The van der Waals surface area contributed by atoms with Crippen LogP contribution in [0.2, 0.25) is 17.3 Å². The molecule has 0 aliphatic heterocycles. The Labute approximate surface area is 288 Å². The zero-order valence-electron chi connectivity index (χ0n) is 27.5. The third-order valence-corrected chi connectivity index (χ3v) is 12.0. The van der Waals surface area contributed by atoms with Gasteiger partial charge in [0.25, 0.3) is 0 Å². The summed E-state index contributed by atoms with van der Waals surface area (Å²) in [4.78, 5) is 9.09. The molecule has 4 aromatic carbocycles. The van der Waals surface area contributed by atoms with Crippen LogP contribution in [0.3, 0.4) is 0 Å². The first-order valence-corrected chi connectivity index (χ1v) is 22.4. The molecule has 0 atom stereocenters. The van der Waals surface area contributed by atoms with Crippen LogP contribution < -0.4 is 4.40 Å². The van der Waals surface area contributed by atoms with Gasteiger partial charge in [-0.2, -0.15) is 0 Å². The van der Waals surface area contributed by atoms with Crippen molar-refractivity contribution in [2.75, 3.05) is 0 Å². The van der Waals surface area contributed by atoms with Crippen molar-refractivity contribution in [3.05, 3.63) is 139 Å². The summed E-state index contributed by atoms with van der Waals surface area (Å²) in [5.41, 5.74) is 7.77. The van der Waals surface area contributed by atoms with Crippen LogP contribution in [0.1, 0.15) is 26.7 Å². The molecule has 0 unspecified atom stereocenters. The Hall–Kier alpha value is -3.90. The number of rotatable bonds is 5. The first-order chi connectivity index (χ1) is 22.0. The van der Waals surface area contributed by atoms with E-state index in [-0.39, 0.29) is 25.9 Å². The van der Waals surface area contributed by atoms with Crippen molar-refractivity contribution < 1.29 is 30.3 Å². The standard InChI is InChI=1S/C20H15FNO.C20H20GeN.Ir/c1-12(2)13-9-10-22-17(11-13)14-7-8-16(21)19-15-5-3-4-6-18(15)23-20(14)19;1-21(2,3)19-15-22-20(17-12-8-5-9-13-17)14-18(19)16-10-6-4-7-11-16;/h3-6,8-12H,1-2H3;4-12,14-15H,1-3H3;/q2*-1;/i12D;;. The second kappa shape index (κ2) is 14.3. The summed E-state index contributed by atoms with van der Waals surface area (Å²) in [6.45, 7) is 3.63. The van der Waals surface area contributed by atoms with Gasteiger partial charge in [-0.05, 0) is 29.1 Å². The van der Waals surface area contributed by atoms with Gasteiger partial charge >= 0.3 is 135 Å². The number of halogens is 1. The third-order valence-electron chi connectivity index (χ3n) is 7.78. The van der Waals surface area contributed by atoms with E-state index in [4.69, 9.17) is 10.8 Å². The monoisotopic (exact) mass is 846 g/mol. The Kier molecular flexibility index (Phi) is 9.93. The fraction of sp³-hybridized carbons (Fsp3) is 0.150. The molecule has 7 aromatic rings. The van der Waals surface area contributed by atoms with Crippen molar-refractivity contribution in [3.63, 3.8) is 0 Å². The molecule has 1 radical (unpaired) electrons. The van der Waals surface area contributed by atoms with E-state index >= 15 is 0 Å². The molecule has 3 aromatic heterocycles. The van der Waals surface area contributed by atoms with E-state index in [1.807, 2.05) is 68.4 Å². The van der Waals surface area contributed by atoms with Gasteiger partial charge in [0.2, 0.25) is 0 Å². The second-order valence-electron chi connectivity index (χ2n) is 12.3. The van der Waals surface area contributed by atoms with Gasteiger partial charge in [-0.25, -0.2) is 0 Å². The van der Waals surface area contributed by atoms with Gasteiger partial charge in [-0.3, -0.25) is 4.39 Å². The predicted molar refractivity (Wildman–Crippen MR) is 187 cm³/mol. The molecular formula is C40H35FGeIrN2O-2. The molecule has 46 heavy (non-hydrogen) atoms. The van der Waals surface area contributed by atoms with Gasteiger partial charge in [0.05, 0.1) is 5.58 Å². The number of benzene rings is 4. The molecule has 3 nitrogen and oxygen atoms in total. The Bertz CT molecular complexity index is 2140. The summed E-state index contributed by atoms with van der Waals surface area (Å²) in [6.07, 6.45) is 3.76. The van der Waals surface area contributed by atoms with Crippen LogP contribution in [0.4, 0.5) is 4.39 Å². The average molecular weight is 845 g/mol. The van der Waals surface area contributed by atoms with Crippen molar-refractivity contribution in [3.8, 4) is 33.6 Å². The first kappa shape index (κ1) is 32.1. The van der Waals surface area contributed by atoms with E-state index in [9.17, 15) is 4.39 Å². The fourth-order valence-electron chi connectivity index (χ4n) is 5.41. The van der Waals surface area contributed by atoms with Gasteiger partial charge in [-0.15, -0.1) is 12.1 Å². The molecule has 0 saturated heterocycles. The first-order valence-electron chi connectivity index (χ1n) is 15.5. The normalized spacial score (nSPS) is 11.8. The van der Waals surface area contributed by atoms with Crippen LogP contribution in [-0.2, 0) is 20.1 Å². The fourth-order valence-corrected chi connectivity index (χ4v) is 8.51. The van der Waals surface area contributed by atoms with Crippen LogP contribution in [0.15, 0.2) is 120 Å². The maximum absolute atomic E-state index is 14.4. The zero-order chi connectivity index (χ0) is 32.5. The molecule has 0 N–H and O–H groups in total. The van der Waals surface area contributed by atoms with E-state index in [1.54, 1.807) is 6.20 Å². The van der Waals surface area contributed by atoms with E-state index in [1.165, 1.54) is 21.6 Å². The number of hydrogen-bond acceptors (Lipinski definition) is 3. The van der Waals surface area contributed by atoms with Crippen LogP contribution in [0.25, 0.3) is 55.6 Å². The minimum atomic E-state index is -1.99. The second-order valence-corrected chi connectivity index (χ2v) is 22.8. The summed E-state index contributed by atoms with van der Waals surface area (Å²) >= 11 is -1.99. The van der Waals surface area contributed by atoms with E-state index < -0.39 is 19.2 Å². The molecule has 0 spiro atoms. The summed E-state index contributed by atoms with van der Waals surface area (Å²) in [7, 11) is 0. The van der Waals surface area contributed by atoms with Crippen molar-refractivity contribution >= 4 is 39.6 Å². The summed E-state index contributed by atoms with van der Waals surface area (Å²) in [5, 5.41) is 1.17. The number of furan rings is 1. The number of aromatic nitrogens is 2. The molecule has 0 aliphatic carbocycles. The largest absolute Gasteiger partial charge is 0 e. The molecule has 0 bridgehead atoms. The Morgan fingerprint density at radius 3 is 2.30 bits per heavy atom. The van der Waals surface area contributed by atoms with Crippen LogP contribution in [0, 0.1) is 17.9 Å².